The molecular weight excluding hydrogens is 254 g/mol. The molecule has 0 heterocycles. The Bertz CT molecular complexity index is 291. The molecule has 1 rings (SSSR count). The first kappa shape index (κ1) is 17.3. The van der Waals surface area contributed by atoms with Crippen molar-refractivity contribution in [1.82, 2.24) is 5.32 Å². The number of aliphatic hydroxyl groups is 1. The smallest absolute Gasteiger partial charge is 0.407 e. The Morgan fingerprint density at radius 2 is 1.90 bits per heavy atom. The van der Waals surface area contributed by atoms with E-state index in [0.717, 1.165) is 38.5 Å². The third kappa shape index (κ3) is 6.12. The van der Waals surface area contributed by atoms with Crippen LogP contribution in [0.15, 0.2) is 0 Å². The lowest BCUT2D eigenvalue weighted by atomic mass is 9.78. The molecule has 1 saturated carbocycles. The molecule has 1 amide bonds. The van der Waals surface area contributed by atoms with Crippen molar-refractivity contribution < 1.29 is 14.6 Å². The number of nitrogens with one attached hydrogen (secondary N) is 1. The minimum Gasteiger partial charge on any atom is -0.444 e. The summed E-state index contributed by atoms with van der Waals surface area (Å²) in [5, 5.41) is 12.3. The number of aliphatic hydroxyl groups excluding tert-OH is 1. The average Bonchev–Trinajstić information content (AvgIpc) is 2.36. The van der Waals surface area contributed by atoms with E-state index in [0.29, 0.717) is 18.4 Å². The van der Waals surface area contributed by atoms with Crippen LogP contribution in [0, 0.1) is 11.8 Å². The van der Waals surface area contributed by atoms with Crippen LogP contribution in [0.1, 0.15) is 66.2 Å². The van der Waals surface area contributed by atoms with E-state index in [4.69, 9.17) is 4.74 Å². The van der Waals surface area contributed by atoms with Gasteiger partial charge in [-0.25, -0.2) is 4.79 Å². The third-order valence-electron chi connectivity index (χ3n) is 4.02. The van der Waals surface area contributed by atoms with Crippen molar-refractivity contribution in [2.75, 3.05) is 6.61 Å². The lowest BCUT2D eigenvalue weighted by molar-refractivity contribution is 0.0462. The number of hydrogen-bond acceptors (Lipinski definition) is 3. The molecule has 0 saturated heterocycles. The number of ether oxygens (including phenoxy) is 1. The molecular formula is C16H31NO3. The van der Waals surface area contributed by atoms with Gasteiger partial charge in [0.05, 0.1) is 0 Å². The first-order chi connectivity index (χ1) is 9.35. The number of hydrogen-bond donors (Lipinski definition) is 2. The maximum atomic E-state index is 11.9. The van der Waals surface area contributed by atoms with Gasteiger partial charge in [-0.15, -0.1) is 0 Å². The summed E-state index contributed by atoms with van der Waals surface area (Å²) in [6, 6.07) is 0.203. The minimum atomic E-state index is -0.449. The molecule has 0 radical (unpaired) electrons. The van der Waals surface area contributed by atoms with E-state index in [1.807, 2.05) is 20.8 Å². The van der Waals surface area contributed by atoms with Crippen molar-refractivity contribution in [3.05, 3.63) is 0 Å². The highest BCUT2D eigenvalue weighted by Gasteiger charge is 2.29. The first-order valence-corrected chi connectivity index (χ1v) is 7.96. The number of carbonyl (C=O) groups is 1. The fourth-order valence-corrected chi connectivity index (χ4v) is 2.97. The van der Waals surface area contributed by atoms with Gasteiger partial charge in [0.1, 0.15) is 5.60 Å². The number of amides is 1. The molecule has 0 unspecified atom stereocenters. The zero-order valence-corrected chi connectivity index (χ0v) is 13.4. The van der Waals surface area contributed by atoms with Gasteiger partial charge < -0.3 is 15.2 Å². The molecule has 2 N–H and O–H groups in total. The van der Waals surface area contributed by atoms with Gasteiger partial charge in [-0.3, -0.25) is 0 Å². The summed E-state index contributed by atoms with van der Waals surface area (Å²) in [4.78, 5) is 11.9. The van der Waals surface area contributed by atoms with Crippen LogP contribution in [-0.2, 0) is 4.74 Å². The van der Waals surface area contributed by atoms with E-state index < -0.39 is 5.60 Å². The molecule has 1 aliphatic rings. The second-order valence-electron chi connectivity index (χ2n) is 7.00. The van der Waals surface area contributed by atoms with Crippen LogP contribution in [-0.4, -0.2) is 29.4 Å². The molecule has 20 heavy (non-hydrogen) atoms. The molecule has 4 heteroatoms. The third-order valence-corrected chi connectivity index (χ3v) is 4.02. The van der Waals surface area contributed by atoms with E-state index in [9.17, 15) is 9.90 Å². The maximum absolute atomic E-state index is 11.9. The van der Waals surface area contributed by atoms with Crippen molar-refractivity contribution in [3.8, 4) is 0 Å². The van der Waals surface area contributed by atoms with Crippen molar-refractivity contribution in [2.45, 2.75) is 77.9 Å². The largest absolute Gasteiger partial charge is 0.444 e. The molecule has 1 fully saturated rings. The lowest BCUT2D eigenvalue weighted by Gasteiger charge is -2.34. The number of alkyl carbamates (subject to hydrolysis) is 1. The normalized spacial score (nSPS) is 25.1. The van der Waals surface area contributed by atoms with Gasteiger partial charge in [0, 0.05) is 12.6 Å². The monoisotopic (exact) mass is 285 g/mol. The van der Waals surface area contributed by atoms with Gasteiger partial charge in [-0.05, 0) is 64.7 Å². The van der Waals surface area contributed by atoms with Gasteiger partial charge in [-0.1, -0.05) is 13.3 Å². The van der Waals surface area contributed by atoms with E-state index in [2.05, 4.69) is 12.2 Å². The fourth-order valence-electron chi connectivity index (χ4n) is 2.97. The summed E-state index contributed by atoms with van der Waals surface area (Å²) in [7, 11) is 0. The number of rotatable bonds is 5. The lowest BCUT2D eigenvalue weighted by Crippen LogP contribution is -2.44. The van der Waals surface area contributed by atoms with Crippen LogP contribution in [0.5, 0.6) is 0 Å². The van der Waals surface area contributed by atoms with E-state index in [1.165, 1.54) is 0 Å². The molecule has 0 bridgehead atoms. The van der Waals surface area contributed by atoms with Crippen LogP contribution < -0.4 is 5.32 Å². The highest BCUT2D eigenvalue weighted by molar-refractivity contribution is 5.68. The Kier molecular flexibility index (Phi) is 6.80. The summed E-state index contributed by atoms with van der Waals surface area (Å²) in [6.45, 7) is 8.09. The number of carbonyl (C=O) groups excluding carboxylic acids is 1. The van der Waals surface area contributed by atoms with Gasteiger partial charge in [0.2, 0.25) is 0 Å². The van der Waals surface area contributed by atoms with Gasteiger partial charge in [0.25, 0.3) is 0 Å². The van der Waals surface area contributed by atoms with Gasteiger partial charge in [0.15, 0.2) is 0 Å². The van der Waals surface area contributed by atoms with Crippen molar-refractivity contribution in [3.63, 3.8) is 0 Å². The molecule has 0 spiro atoms. The van der Waals surface area contributed by atoms with Crippen molar-refractivity contribution in [2.24, 2.45) is 11.8 Å². The minimum absolute atomic E-state index is 0.203. The quantitative estimate of drug-likeness (QED) is 0.813. The second-order valence-corrected chi connectivity index (χ2v) is 7.00. The Hall–Kier alpha value is -0.770. The van der Waals surface area contributed by atoms with Crippen LogP contribution in [0.25, 0.3) is 0 Å². The van der Waals surface area contributed by atoms with Crippen molar-refractivity contribution in [1.29, 1.82) is 0 Å². The molecule has 4 nitrogen and oxygen atoms in total. The summed E-state index contributed by atoms with van der Waals surface area (Å²) in [6.07, 6.45) is 6.06. The highest BCUT2D eigenvalue weighted by atomic mass is 16.6. The average molecular weight is 285 g/mol. The Morgan fingerprint density at radius 1 is 1.30 bits per heavy atom. The molecule has 0 aromatic heterocycles. The Morgan fingerprint density at radius 3 is 2.35 bits per heavy atom. The Balaban J connectivity index is 2.50. The molecule has 1 atom stereocenters. The zero-order valence-electron chi connectivity index (χ0n) is 13.4. The van der Waals surface area contributed by atoms with Crippen LogP contribution >= 0.6 is 0 Å². The SMILES string of the molecule is CCC[C@H](NC(=O)OC(C)(C)C)C1CCC(CO)CC1. The van der Waals surface area contributed by atoms with E-state index >= 15 is 0 Å². The summed E-state index contributed by atoms with van der Waals surface area (Å²) in [5.41, 5.74) is -0.449. The summed E-state index contributed by atoms with van der Waals surface area (Å²) < 4.78 is 5.36. The first-order valence-electron chi connectivity index (χ1n) is 7.96. The van der Waals surface area contributed by atoms with Crippen LogP contribution in [0.4, 0.5) is 4.79 Å². The summed E-state index contributed by atoms with van der Waals surface area (Å²) in [5.74, 6) is 0.973. The van der Waals surface area contributed by atoms with Crippen LogP contribution in [0.2, 0.25) is 0 Å². The molecule has 118 valence electrons. The highest BCUT2D eigenvalue weighted by Crippen LogP contribution is 2.32. The molecule has 0 aromatic carbocycles. The van der Waals surface area contributed by atoms with Crippen molar-refractivity contribution >= 4 is 6.09 Å². The Labute approximate surface area is 123 Å². The van der Waals surface area contributed by atoms with E-state index in [1.54, 1.807) is 0 Å². The fraction of sp³-hybridized carbons (Fsp3) is 0.938. The molecule has 1 aliphatic carbocycles. The second kappa shape index (κ2) is 7.87. The van der Waals surface area contributed by atoms with Gasteiger partial charge >= 0.3 is 6.09 Å². The topological polar surface area (TPSA) is 58.6 Å². The zero-order chi connectivity index (χ0) is 15.2. The molecule has 0 aromatic rings. The van der Waals surface area contributed by atoms with Gasteiger partial charge in [-0.2, -0.15) is 0 Å². The predicted molar refractivity (Wildman–Crippen MR) is 80.6 cm³/mol. The predicted octanol–water partition coefficient (Wildman–Crippen LogP) is 3.48. The standard InChI is InChI=1S/C16H31NO3/c1-5-6-14(17-15(19)20-16(2,3)4)13-9-7-12(11-18)8-10-13/h12-14,18H,5-11H2,1-4H3,(H,17,19)/t12?,13?,14-/m0/s1. The van der Waals surface area contributed by atoms with Crippen LogP contribution in [0.3, 0.4) is 0 Å². The maximum Gasteiger partial charge on any atom is 0.407 e. The molecule has 0 aliphatic heterocycles. The van der Waals surface area contributed by atoms with E-state index in [-0.39, 0.29) is 12.1 Å². The summed E-state index contributed by atoms with van der Waals surface area (Å²) >= 11 is 0.